The fourth-order valence-electron chi connectivity index (χ4n) is 3.68. The Morgan fingerprint density at radius 2 is 1.94 bits per heavy atom. The van der Waals surface area contributed by atoms with Crippen molar-refractivity contribution in [3.63, 3.8) is 0 Å². The van der Waals surface area contributed by atoms with E-state index in [2.05, 4.69) is 45.0 Å². The third-order valence-electron chi connectivity index (χ3n) is 5.24. The van der Waals surface area contributed by atoms with Gasteiger partial charge in [0.05, 0.1) is 12.8 Å². The van der Waals surface area contributed by atoms with Gasteiger partial charge in [0.15, 0.2) is 11.5 Å². The maximum absolute atomic E-state index is 11.8. The number of carbonyl (C=O) groups excluding carboxylic acids is 1. The summed E-state index contributed by atoms with van der Waals surface area (Å²) >= 11 is 0. The number of ether oxygens (including phenoxy) is 1. The molecule has 0 spiro atoms. The zero-order chi connectivity index (χ0) is 22.0. The largest absolute Gasteiger partial charge is 0.495 e. The van der Waals surface area contributed by atoms with Crippen molar-refractivity contribution in [2.75, 3.05) is 24.3 Å². The third kappa shape index (κ3) is 4.26. The number of benzene rings is 2. The molecule has 0 atom stereocenters. The van der Waals surface area contributed by atoms with Gasteiger partial charge >= 0.3 is 0 Å². The van der Waals surface area contributed by atoms with Crippen LogP contribution in [0.1, 0.15) is 35.5 Å². The molecule has 1 aromatic heterocycles. The summed E-state index contributed by atoms with van der Waals surface area (Å²) in [4.78, 5) is 16.2. The molecule has 2 aromatic carbocycles. The van der Waals surface area contributed by atoms with Gasteiger partial charge in [-0.2, -0.15) is 4.98 Å². The topological polar surface area (TPSA) is 127 Å². The second kappa shape index (κ2) is 8.19. The number of hydrogen-bond donors (Lipinski definition) is 4. The Bertz CT molecular complexity index is 1120. The Morgan fingerprint density at radius 1 is 1.16 bits per heavy atom. The summed E-state index contributed by atoms with van der Waals surface area (Å²) in [6.07, 6.45) is 0. The first-order valence-electron chi connectivity index (χ1n) is 9.93. The molecule has 3 aromatic rings. The zero-order valence-electron chi connectivity index (χ0n) is 17.7. The first kappa shape index (κ1) is 20.5. The van der Waals surface area contributed by atoms with E-state index in [0.717, 1.165) is 18.8 Å². The van der Waals surface area contributed by atoms with Crippen molar-refractivity contribution in [2.45, 2.75) is 25.8 Å². The second-order valence-corrected chi connectivity index (χ2v) is 8.01. The average Bonchev–Trinajstić information content (AvgIpc) is 2.74. The van der Waals surface area contributed by atoms with Crippen LogP contribution in [0.5, 0.6) is 5.75 Å². The SMILES string of the molecule is COc1cc2c(cc1Nc1nnc(C(N)=O)c(Nc3ccccc3)n1)CNCC2(C)C. The molecule has 1 aliphatic heterocycles. The number of para-hydroxylation sites is 1. The summed E-state index contributed by atoms with van der Waals surface area (Å²) in [5.41, 5.74) is 9.26. The number of fused-ring (bicyclic) bond motifs is 1. The maximum Gasteiger partial charge on any atom is 0.273 e. The summed E-state index contributed by atoms with van der Waals surface area (Å²) in [7, 11) is 1.62. The highest BCUT2D eigenvalue weighted by molar-refractivity contribution is 5.96. The van der Waals surface area contributed by atoms with Gasteiger partial charge in [-0.15, -0.1) is 10.2 Å². The highest BCUT2D eigenvalue weighted by Gasteiger charge is 2.29. The molecular weight excluding hydrogens is 394 g/mol. The molecule has 5 N–H and O–H groups in total. The fraction of sp³-hybridized carbons (Fsp3) is 0.273. The van der Waals surface area contributed by atoms with E-state index < -0.39 is 5.91 Å². The van der Waals surface area contributed by atoms with Gasteiger partial charge in [-0.05, 0) is 35.4 Å². The van der Waals surface area contributed by atoms with Crippen molar-refractivity contribution in [1.29, 1.82) is 0 Å². The molecule has 0 saturated heterocycles. The Hall–Kier alpha value is -3.72. The van der Waals surface area contributed by atoms with Gasteiger partial charge in [0.25, 0.3) is 5.91 Å². The molecule has 9 nitrogen and oxygen atoms in total. The van der Waals surface area contributed by atoms with Crippen LogP contribution in [0.25, 0.3) is 0 Å². The van der Waals surface area contributed by atoms with Crippen molar-refractivity contribution in [2.24, 2.45) is 5.73 Å². The first-order valence-corrected chi connectivity index (χ1v) is 9.93. The number of amides is 1. The molecule has 9 heteroatoms. The summed E-state index contributed by atoms with van der Waals surface area (Å²) in [5, 5.41) is 17.7. The maximum atomic E-state index is 11.8. The van der Waals surface area contributed by atoms with E-state index in [4.69, 9.17) is 10.5 Å². The molecule has 0 saturated carbocycles. The Labute approximate surface area is 180 Å². The lowest BCUT2D eigenvalue weighted by atomic mass is 9.79. The molecule has 1 amide bonds. The molecule has 0 unspecified atom stereocenters. The number of anilines is 4. The van der Waals surface area contributed by atoms with Crippen LogP contribution in [0.3, 0.4) is 0 Å². The van der Waals surface area contributed by atoms with E-state index in [1.807, 2.05) is 42.5 Å². The van der Waals surface area contributed by atoms with Gasteiger partial charge in [0, 0.05) is 24.2 Å². The summed E-state index contributed by atoms with van der Waals surface area (Å²) in [5.74, 6) is 0.388. The highest BCUT2D eigenvalue weighted by Crippen LogP contribution is 2.37. The number of primary amides is 1. The lowest BCUT2D eigenvalue weighted by Crippen LogP contribution is -2.38. The van der Waals surface area contributed by atoms with E-state index in [1.54, 1.807) is 7.11 Å². The number of carbonyl (C=O) groups is 1. The average molecular weight is 419 g/mol. The number of hydrogen-bond acceptors (Lipinski definition) is 8. The first-order chi connectivity index (χ1) is 14.9. The van der Waals surface area contributed by atoms with Crippen LogP contribution in [0.4, 0.5) is 23.1 Å². The van der Waals surface area contributed by atoms with Gasteiger partial charge in [-0.3, -0.25) is 4.79 Å². The van der Waals surface area contributed by atoms with Crippen molar-refractivity contribution >= 4 is 29.0 Å². The predicted octanol–water partition coefficient (Wildman–Crippen LogP) is 2.85. The molecule has 1 aliphatic rings. The lowest BCUT2D eigenvalue weighted by molar-refractivity contribution is 0.0995. The molecule has 0 aliphatic carbocycles. The molecule has 4 rings (SSSR count). The smallest absolute Gasteiger partial charge is 0.273 e. The Morgan fingerprint density at radius 3 is 2.65 bits per heavy atom. The predicted molar refractivity (Wildman–Crippen MR) is 119 cm³/mol. The van der Waals surface area contributed by atoms with Gasteiger partial charge in [0.2, 0.25) is 5.95 Å². The number of nitrogens with two attached hydrogens (primary N) is 1. The molecule has 0 bridgehead atoms. The van der Waals surface area contributed by atoms with E-state index >= 15 is 0 Å². The van der Waals surface area contributed by atoms with Crippen LogP contribution in [0.2, 0.25) is 0 Å². The summed E-state index contributed by atoms with van der Waals surface area (Å²) in [6.45, 7) is 6.05. The van der Waals surface area contributed by atoms with Crippen molar-refractivity contribution < 1.29 is 9.53 Å². The van der Waals surface area contributed by atoms with Gasteiger partial charge in [-0.25, -0.2) is 0 Å². The van der Waals surface area contributed by atoms with E-state index in [9.17, 15) is 4.79 Å². The monoisotopic (exact) mass is 419 g/mol. The molecule has 31 heavy (non-hydrogen) atoms. The van der Waals surface area contributed by atoms with Gasteiger partial charge < -0.3 is 26.4 Å². The minimum atomic E-state index is -0.718. The minimum absolute atomic E-state index is 0.00659. The third-order valence-corrected chi connectivity index (χ3v) is 5.24. The lowest BCUT2D eigenvalue weighted by Gasteiger charge is -2.34. The standard InChI is InChI=1S/C22H25N7O2/c1-22(2)12-24-11-13-9-16(17(31-3)10-15(13)22)26-21-27-20(18(19(23)30)28-29-21)25-14-7-5-4-6-8-14/h4-10,24H,11-12H2,1-3H3,(H2,23,30)(H2,25,26,27,29). The fourth-order valence-corrected chi connectivity index (χ4v) is 3.68. The summed E-state index contributed by atoms with van der Waals surface area (Å²) < 4.78 is 5.62. The second-order valence-electron chi connectivity index (χ2n) is 8.01. The Balaban J connectivity index is 1.69. The quantitative estimate of drug-likeness (QED) is 0.480. The number of nitrogens with zero attached hydrogens (tertiary/aromatic N) is 3. The number of aromatic nitrogens is 3. The molecule has 2 heterocycles. The van der Waals surface area contributed by atoms with Crippen LogP contribution in [-0.4, -0.2) is 34.7 Å². The zero-order valence-corrected chi connectivity index (χ0v) is 17.7. The molecular formula is C22H25N7O2. The molecule has 160 valence electrons. The molecule has 0 radical (unpaired) electrons. The van der Waals surface area contributed by atoms with E-state index in [1.165, 1.54) is 11.1 Å². The number of methoxy groups -OCH3 is 1. The Kier molecular flexibility index (Phi) is 5.43. The van der Waals surface area contributed by atoms with Gasteiger partial charge in [0.1, 0.15) is 5.75 Å². The van der Waals surface area contributed by atoms with Crippen LogP contribution < -0.4 is 26.4 Å². The number of nitrogens with one attached hydrogen (secondary N) is 3. The summed E-state index contributed by atoms with van der Waals surface area (Å²) in [6, 6.07) is 13.4. The van der Waals surface area contributed by atoms with Crippen LogP contribution in [0.15, 0.2) is 42.5 Å². The van der Waals surface area contributed by atoms with E-state index in [0.29, 0.717) is 11.4 Å². The van der Waals surface area contributed by atoms with E-state index in [-0.39, 0.29) is 22.9 Å². The van der Waals surface area contributed by atoms with Crippen molar-refractivity contribution in [1.82, 2.24) is 20.5 Å². The van der Waals surface area contributed by atoms with Crippen molar-refractivity contribution in [3.8, 4) is 5.75 Å². The minimum Gasteiger partial charge on any atom is -0.495 e. The van der Waals surface area contributed by atoms with Crippen LogP contribution >= 0.6 is 0 Å². The number of rotatable bonds is 6. The van der Waals surface area contributed by atoms with Crippen LogP contribution in [-0.2, 0) is 12.0 Å². The normalized spacial score (nSPS) is 14.4. The van der Waals surface area contributed by atoms with Gasteiger partial charge in [-0.1, -0.05) is 32.0 Å². The highest BCUT2D eigenvalue weighted by atomic mass is 16.5. The van der Waals surface area contributed by atoms with Crippen molar-refractivity contribution in [3.05, 3.63) is 59.3 Å². The van der Waals surface area contributed by atoms with Crippen LogP contribution in [0, 0.1) is 0 Å². The molecule has 0 fully saturated rings.